The van der Waals surface area contributed by atoms with Crippen molar-refractivity contribution < 1.29 is 4.42 Å². The molecule has 4 rings (SSSR count). The van der Waals surface area contributed by atoms with Gasteiger partial charge in [0.25, 0.3) is 0 Å². The number of para-hydroxylation sites is 1. The van der Waals surface area contributed by atoms with E-state index in [1.807, 2.05) is 37.3 Å². The van der Waals surface area contributed by atoms with E-state index in [1.54, 1.807) is 17.8 Å². The Hall–Kier alpha value is -2.30. The van der Waals surface area contributed by atoms with Gasteiger partial charge in [0, 0.05) is 27.6 Å². The lowest BCUT2D eigenvalue weighted by molar-refractivity contribution is 0.559. The molecule has 3 nitrogen and oxygen atoms in total. The Morgan fingerprint density at radius 3 is 2.70 bits per heavy atom. The standard InChI is InChI=1S/C22H18ClNO2S/c1-3-14-9-20-17(11-18(14)23)15(10-22(25)26-20)12-27-21-8-13(2)16-6-4-5-7-19(16)24-21/h4-11H,3,12H2,1-2H3. The van der Waals surface area contributed by atoms with Crippen molar-refractivity contribution in [2.75, 3.05) is 0 Å². The van der Waals surface area contributed by atoms with Crippen LogP contribution in [0.4, 0.5) is 0 Å². The molecular formula is C22H18ClNO2S. The summed E-state index contributed by atoms with van der Waals surface area (Å²) in [6, 6.07) is 15.5. The molecule has 4 aromatic rings. The number of halogens is 1. The maximum atomic E-state index is 12.0. The molecular weight excluding hydrogens is 378 g/mol. The molecule has 2 aromatic carbocycles. The smallest absolute Gasteiger partial charge is 0.336 e. The van der Waals surface area contributed by atoms with Crippen LogP contribution in [0, 0.1) is 6.92 Å². The van der Waals surface area contributed by atoms with Gasteiger partial charge in [-0.1, -0.05) is 36.7 Å². The number of pyridine rings is 1. The fraction of sp³-hybridized carbons (Fsp3) is 0.182. The topological polar surface area (TPSA) is 43.1 Å². The van der Waals surface area contributed by atoms with E-state index >= 15 is 0 Å². The summed E-state index contributed by atoms with van der Waals surface area (Å²) < 4.78 is 5.39. The summed E-state index contributed by atoms with van der Waals surface area (Å²) in [5, 5.41) is 3.67. The van der Waals surface area contributed by atoms with Crippen LogP contribution in [-0.4, -0.2) is 4.98 Å². The molecule has 27 heavy (non-hydrogen) atoms. The van der Waals surface area contributed by atoms with Crippen LogP contribution in [0.15, 0.2) is 62.8 Å². The van der Waals surface area contributed by atoms with Crippen molar-refractivity contribution in [1.82, 2.24) is 4.98 Å². The molecule has 0 amide bonds. The molecule has 0 unspecified atom stereocenters. The fourth-order valence-electron chi connectivity index (χ4n) is 3.22. The Balaban J connectivity index is 1.71. The van der Waals surface area contributed by atoms with Crippen molar-refractivity contribution in [2.24, 2.45) is 0 Å². The van der Waals surface area contributed by atoms with E-state index in [4.69, 9.17) is 21.0 Å². The van der Waals surface area contributed by atoms with E-state index in [1.165, 1.54) is 5.56 Å². The zero-order valence-corrected chi connectivity index (χ0v) is 16.7. The van der Waals surface area contributed by atoms with Gasteiger partial charge in [0.15, 0.2) is 0 Å². The van der Waals surface area contributed by atoms with Gasteiger partial charge in [0.2, 0.25) is 0 Å². The highest BCUT2D eigenvalue weighted by Crippen LogP contribution is 2.31. The first-order chi connectivity index (χ1) is 13.0. The summed E-state index contributed by atoms with van der Waals surface area (Å²) in [6.45, 7) is 4.12. The summed E-state index contributed by atoms with van der Waals surface area (Å²) in [5.41, 5.74) is 4.30. The lowest BCUT2D eigenvalue weighted by Gasteiger charge is -2.09. The second-order valence-electron chi connectivity index (χ2n) is 6.47. The number of fused-ring (bicyclic) bond motifs is 2. The van der Waals surface area contributed by atoms with Gasteiger partial charge in [-0.3, -0.25) is 0 Å². The molecule has 0 aliphatic heterocycles. The maximum absolute atomic E-state index is 12.0. The molecule has 0 fully saturated rings. The number of rotatable bonds is 4. The Kier molecular flexibility index (Phi) is 4.94. The predicted molar refractivity (Wildman–Crippen MR) is 113 cm³/mol. The summed E-state index contributed by atoms with van der Waals surface area (Å²) >= 11 is 7.99. The van der Waals surface area contributed by atoms with E-state index in [2.05, 4.69) is 19.1 Å². The molecule has 0 radical (unpaired) electrons. The first-order valence-electron chi connectivity index (χ1n) is 8.79. The van der Waals surface area contributed by atoms with Crippen molar-refractivity contribution in [3.8, 4) is 0 Å². The van der Waals surface area contributed by atoms with Crippen molar-refractivity contribution in [3.63, 3.8) is 0 Å². The number of hydrogen-bond acceptors (Lipinski definition) is 4. The minimum atomic E-state index is -0.342. The summed E-state index contributed by atoms with van der Waals surface area (Å²) in [7, 11) is 0. The van der Waals surface area contributed by atoms with Crippen LogP contribution in [0.5, 0.6) is 0 Å². The molecule has 136 valence electrons. The first-order valence-corrected chi connectivity index (χ1v) is 10.2. The zero-order chi connectivity index (χ0) is 19.0. The average molecular weight is 396 g/mol. The molecule has 0 saturated heterocycles. The third kappa shape index (κ3) is 3.60. The van der Waals surface area contributed by atoms with Crippen LogP contribution in [0.2, 0.25) is 5.02 Å². The van der Waals surface area contributed by atoms with Crippen molar-refractivity contribution >= 4 is 45.2 Å². The fourth-order valence-corrected chi connectivity index (χ4v) is 4.49. The molecule has 0 aliphatic rings. The molecule has 2 heterocycles. The van der Waals surface area contributed by atoms with Crippen molar-refractivity contribution in [1.29, 1.82) is 0 Å². The van der Waals surface area contributed by atoms with Gasteiger partial charge in [-0.25, -0.2) is 9.78 Å². The van der Waals surface area contributed by atoms with Crippen LogP contribution >= 0.6 is 23.4 Å². The van der Waals surface area contributed by atoms with Crippen molar-refractivity contribution in [3.05, 3.63) is 80.7 Å². The Labute approximate surface area is 166 Å². The average Bonchev–Trinajstić information content (AvgIpc) is 2.66. The molecule has 2 aromatic heterocycles. The van der Waals surface area contributed by atoms with Crippen LogP contribution < -0.4 is 5.63 Å². The number of nitrogens with zero attached hydrogens (tertiary/aromatic N) is 1. The highest BCUT2D eigenvalue weighted by atomic mass is 35.5. The number of aromatic nitrogens is 1. The summed E-state index contributed by atoms with van der Waals surface area (Å²) in [4.78, 5) is 16.7. The highest BCUT2D eigenvalue weighted by molar-refractivity contribution is 7.98. The minimum Gasteiger partial charge on any atom is -0.423 e. The predicted octanol–water partition coefficient (Wildman–Crippen LogP) is 6.16. The Morgan fingerprint density at radius 1 is 1.07 bits per heavy atom. The van der Waals surface area contributed by atoms with Gasteiger partial charge in [-0.05, 0) is 54.3 Å². The van der Waals surface area contributed by atoms with E-state index in [0.29, 0.717) is 16.4 Å². The summed E-state index contributed by atoms with van der Waals surface area (Å²) in [5.74, 6) is 0.620. The number of thioether (sulfide) groups is 1. The van der Waals surface area contributed by atoms with E-state index in [0.717, 1.165) is 38.9 Å². The van der Waals surface area contributed by atoms with E-state index < -0.39 is 0 Å². The third-order valence-corrected chi connectivity index (χ3v) is 5.97. The maximum Gasteiger partial charge on any atom is 0.336 e. The van der Waals surface area contributed by atoms with Gasteiger partial charge in [-0.15, -0.1) is 11.8 Å². The van der Waals surface area contributed by atoms with Gasteiger partial charge >= 0.3 is 5.63 Å². The lowest BCUT2D eigenvalue weighted by atomic mass is 10.1. The summed E-state index contributed by atoms with van der Waals surface area (Å²) in [6.07, 6.45) is 0.789. The SMILES string of the molecule is CCc1cc2oc(=O)cc(CSc3cc(C)c4ccccc4n3)c2cc1Cl. The Bertz CT molecular complexity index is 1220. The molecule has 0 atom stereocenters. The molecule has 0 spiro atoms. The molecule has 5 heteroatoms. The largest absolute Gasteiger partial charge is 0.423 e. The first kappa shape index (κ1) is 18.1. The lowest BCUT2D eigenvalue weighted by Crippen LogP contribution is -2.01. The van der Waals surface area contributed by atoms with Gasteiger partial charge in [0.1, 0.15) is 5.58 Å². The number of aryl methyl sites for hydroxylation is 2. The number of hydrogen-bond donors (Lipinski definition) is 0. The quantitative estimate of drug-likeness (QED) is 0.306. The van der Waals surface area contributed by atoms with Crippen LogP contribution in [0.25, 0.3) is 21.9 Å². The monoisotopic (exact) mass is 395 g/mol. The highest BCUT2D eigenvalue weighted by Gasteiger charge is 2.11. The van der Waals surface area contributed by atoms with Crippen molar-refractivity contribution in [2.45, 2.75) is 31.0 Å². The number of benzene rings is 2. The van der Waals surface area contributed by atoms with Gasteiger partial charge in [0.05, 0.1) is 10.5 Å². The zero-order valence-electron chi connectivity index (χ0n) is 15.1. The normalized spacial score (nSPS) is 11.4. The van der Waals surface area contributed by atoms with E-state index in [9.17, 15) is 4.79 Å². The van der Waals surface area contributed by atoms with E-state index in [-0.39, 0.29) is 5.63 Å². The molecule has 0 saturated carbocycles. The minimum absolute atomic E-state index is 0.342. The third-order valence-electron chi connectivity index (χ3n) is 4.65. The van der Waals surface area contributed by atoms with Crippen LogP contribution in [-0.2, 0) is 12.2 Å². The Morgan fingerprint density at radius 2 is 1.89 bits per heavy atom. The van der Waals surface area contributed by atoms with Gasteiger partial charge in [-0.2, -0.15) is 0 Å². The van der Waals surface area contributed by atoms with Crippen LogP contribution in [0.1, 0.15) is 23.6 Å². The molecule has 0 aliphatic carbocycles. The second-order valence-corrected chi connectivity index (χ2v) is 7.87. The second kappa shape index (κ2) is 7.37. The van der Waals surface area contributed by atoms with Gasteiger partial charge < -0.3 is 4.42 Å². The molecule has 0 bridgehead atoms. The van der Waals surface area contributed by atoms with Crippen LogP contribution in [0.3, 0.4) is 0 Å². The molecule has 0 N–H and O–H groups in total.